The lowest BCUT2D eigenvalue weighted by atomic mass is 9.85. The van der Waals surface area contributed by atoms with Crippen LogP contribution in [0.5, 0.6) is 5.75 Å². The van der Waals surface area contributed by atoms with Crippen LogP contribution in [0.1, 0.15) is 23.3 Å². The van der Waals surface area contributed by atoms with E-state index in [0.717, 1.165) is 51.9 Å². The van der Waals surface area contributed by atoms with E-state index in [9.17, 15) is 10.2 Å². The molecule has 5 rings (SSSR count). The number of ether oxygens (including phenoxy) is 1. The minimum atomic E-state index is -1.25. The van der Waals surface area contributed by atoms with Crippen LogP contribution in [0.2, 0.25) is 0 Å². The van der Waals surface area contributed by atoms with E-state index in [1.165, 1.54) is 10.4 Å². The van der Waals surface area contributed by atoms with E-state index in [1.807, 2.05) is 12.1 Å². The summed E-state index contributed by atoms with van der Waals surface area (Å²) in [6.45, 7) is 0. The molecule has 0 unspecified atom stereocenters. The smallest absolute Gasteiger partial charge is 0.151 e. The molecule has 150 valence electrons. The molecule has 4 aromatic rings. The van der Waals surface area contributed by atoms with Crippen LogP contribution < -0.4 is 10.1 Å². The third-order valence-corrected chi connectivity index (χ3v) is 6.67. The minimum absolute atomic E-state index is 0.281. The highest BCUT2D eigenvalue weighted by Crippen LogP contribution is 2.42. The Hall–Kier alpha value is -2.75. The maximum atomic E-state index is 9.32. The molecule has 1 aromatic carbocycles. The lowest BCUT2D eigenvalue weighted by Crippen LogP contribution is -2.18. The normalized spacial score (nSPS) is 16.5. The van der Waals surface area contributed by atoms with Crippen molar-refractivity contribution in [3.63, 3.8) is 0 Å². The Bertz CT molecular complexity index is 1190. The van der Waals surface area contributed by atoms with Gasteiger partial charge in [-0.3, -0.25) is 5.10 Å². The van der Waals surface area contributed by atoms with Gasteiger partial charge in [0.1, 0.15) is 22.7 Å². The molecule has 3 aromatic heterocycles. The molecule has 0 saturated carbocycles. The number of hydrogen-bond acceptors (Lipinski definition) is 8. The number of methoxy groups -OCH3 is 1. The molecule has 9 heteroatoms. The summed E-state index contributed by atoms with van der Waals surface area (Å²) < 4.78 is 5.55. The second-order valence-electron chi connectivity index (χ2n) is 7.37. The van der Waals surface area contributed by atoms with Gasteiger partial charge in [0.2, 0.25) is 0 Å². The third kappa shape index (κ3) is 3.31. The largest absolute Gasteiger partial charge is 0.494 e. The zero-order valence-electron chi connectivity index (χ0n) is 15.8. The zero-order valence-corrected chi connectivity index (χ0v) is 16.7. The molecule has 0 fully saturated rings. The standard InChI is InChI=1S/C20H21N5O3S/c1-28-15-7-13-11(8-23-25-13)6-14(15)24-19-18-12-3-2-10(5-17(26)27)4-16(12)29-20(18)22-9-21-19/h6-10,17,26-27H,2-5H2,1H3,(H,23,25)(H,21,22,24)/t10-/m0/s1. The average molecular weight is 411 g/mol. The number of aromatic nitrogens is 4. The van der Waals surface area contributed by atoms with Gasteiger partial charge in [-0.1, -0.05) is 0 Å². The van der Waals surface area contributed by atoms with E-state index in [-0.39, 0.29) is 5.92 Å². The molecule has 0 aliphatic heterocycles. The highest BCUT2D eigenvalue weighted by molar-refractivity contribution is 7.19. The van der Waals surface area contributed by atoms with Crippen molar-refractivity contribution < 1.29 is 14.9 Å². The number of aromatic amines is 1. The first-order valence-electron chi connectivity index (χ1n) is 9.52. The lowest BCUT2D eigenvalue weighted by molar-refractivity contribution is -0.0568. The Morgan fingerprint density at radius 1 is 1.34 bits per heavy atom. The van der Waals surface area contributed by atoms with E-state index in [1.54, 1.807) is 31.0 Å². The molecule has 4 N–H and O–H groups in total. The topological polar surface area (TPSA) is 116 Å². The number of anilines is 2. The van der Waals surface area contributed by atoms with Crippen LogP contribution in [0.15, 0.2) is 24.7 Å². The Labute approximate surface area is 170 Å². The summed E-state index contributed by atoms with van der Waals surface area (Å²) in [5.41, 5.74) is 2.99. The SMILES string of the molecule is COc1cc2[nH]ncc2cc1Nc1ncnc2sc3c(c12)CC[C@H](CC(O)O)C3. The van der Waals surface area contributed by atoms with Crippen molar-refractivity contribution in [1.29, 1.82) is 0 Å². The van der Waals surface area contributed by atoms with E-state index in [2.05, 4.69) is 25.5 Å². The summed E-state index contributed by atoms with van der Waals surface area (Å²) in [4.78, 5) is 11.2. The van der Waals surface area contributed by atoms with Gasteiger partial charge in [-0.2, -0.15) is 5.10 Å². The summed E-state index contributed by atoms with van der Waals surface area (Å²) in [5, 5.41) is 31.1. The maximum Gasteiger partial charge on any atom is 0.151 e. The Morgan fingerprint density at radius 3 is 3.07 bits per heavy atom. The first-order chi connectivity index (χ1) is 14.1. The Kier molecular flexibility index (Phi) is 4.57. The number of rotatable bonds is 5. The van der Waals surface area contributed by atoms with Crippen molar-refractivity contribution in [1.82, 2.24) is 20.2 Å². The van der Waals surface area contributed by atoms with Crippen LogP contribution in [0.3, 0.4) is 0 Å². The molecular formula is C20H21N5O3S. The predicted molar refractivity (Wildman–Crippen MR) is 112 cm³/mol. The van der Waals surface area contributed by atoms with Gasteiger partial charge in [0.05, 0.1) is 29.9 Å². The van der Waals surface area contributed by atoms with Crippen LogP contribution in [0, 0.1) is 5.92 Å². The van der Waals surface area contributed by atoms with Crippen LogP contribution in [0.25, 0.3) is 21.1 Å². The van der Waals surface area contributed by atoms with Crippen molar-refractivity contribution in [3.8, 4) is 5.75 Å². The number of fused-ring (bicyclic) bond motifs is 4. The van der Waals surface area contributed by atoms with Crippen LogP contribution in [-0.4, -0.2) is 43.8 Å². The number of aryl methyl sites for hydroxylation is 1. The second-order valence-corrected chi connectivity index (χ2v) is 8.45. The number of benzene rings is 1. The molecule has 8 nitrogen and oxygen atoms in total. The molecule has 0 bridgehead atoms. The molecule has 0 spiro atoms. The fourth-order valence-corrected chi connectivity index (χ4v) is 5.44. The van der Waals surface area contributed by atoms with E-state index in [4.69, 9.17) is 4.74 Å². The predicted octanol–water partition coefficient (Wildman–Crippen LogP) is 3.13. The van der Waals surface area contributed by atoms with Crippen molar-refractivity contribution in [2.24, 2.45) is 5.92 Å². The Balaban J connectivity index is 1.54. The number of aliphatic hydroxyl groups is 2. The summed E-state index contributed by atoms with van der Waals surface area (Å²) >= 11 is 1.67. The molecule has 1 atom stereocenters. The molecule has 1 aliphatic rings. The monoisotopic (exact) mass is 411 g/mol. The minimum Gasteiger partial charge on any atom is -0.494 e. The molecule has 0 amide bonds. The first-order valence-corrected chi connectivity index (χ1v) is 10.3. The van der Waals surface area contributed by atoms with Crippen molar-refractivity contribution in [2.75, 3.05) is 12.4 Å². The summed E-state index contributed by atoms with van der Waals surface area (Å²) in [6, 6.07) is 3.90. The number of H-pyrrole nitrogens is 1. The number of thiophene rings is 1. The summed E-state index contributed by atoms with van der Waals surface area (Å²) in [7, 11) is 1.64. The molecule has 1 aliphatic carbocycles. The molecule has 29 heavy (non-hydrogen) atoms. The van der Waals surface area contributed by atoms with E-state index < -0.39 is 6.29 Å². The van der Waals surface area contributed by atoms with Gasteiger partial charge in [0.15, 0.2) is 6.29 Å². The third-order valence-electron chi connectivity index (χ3n) is 5.50. The Morgan fingerprint density at radius 2 is 2.24 bits per heavy atom. The van der Waals surface area contributed by atoms with Gasteiger partial charge < -0.3 is 20.3 Å². The van der Waals surface area contributed by atoms with Crippen LogP contribution in [-0.2, 0) is 12.8 Å². The number of aliphatic hydroxyl groups excluding tert-OH is 1. The number of nitrogens with one attached hydrogen (secondary N) is 2. The highest BCUT2D eigenvalue weighted by atomic mass is 32.1. The van der Waals surface area contributed by atoms with Gasteiger partial charge in [-0.25, -0.2) is 9.97 Å². The van der Waals surface area contributed by atoms with E-state index >= 15 is 0 Å². The first kappa shape index (κ1) is 18.3. The number of hydrogen-bond donors (Lipinski definition) is 4. The fraction of sp³-hybridized carbons (Fsp3) is 0.350. The van der Waals surface area contributed by atoms with Gasteiger partial charge in [0.25, 0.3) is 0 Å². The van der Waals surface area contributed by atoms with Gasteiger partial charge >= 0.3 is 0 Å². The van der Waals surface area contributed by atoms with Gasteiger partial charge in [-0.05, 0) is 36.8 Å². The van der Waals surface area contributed by atoms with Crippen LogP contribution >= 0.6 is 11.3 Å². The zero-order chi connectivity index (χ0) is 20.0. The average Bonchev–Trinajstić information content (AvgIpc) is 3.30. The van der Waals surface area contributed by atoms with Crippen LogP contribution in [0.4, 0.5) is 11.5 Å². The van der Waals surface area contributed by atoms with Crippen molar-refractivity contribution in [3.05, 3.63) is 35.1 Å². The quantitative estimate of drug-likeness (QED) is 0.373. The lowest BCUT2D eigenvalue weighted by Gasteiger charge is -2.23. The number of nitrogens with zero attached hydrogens (tertiary/aromatic N) is 3. The summed E-state index contributed by atoms with van der Waals surface area (Å²) in [6.07, 6.45) is 5.16. The molecule has 0 saturated heterocycles. The van der Waals surface area contributed by atoms with Gasteiger partial charge in [-0.15, -0.1) is 11.3 Å². The molecule has 0 radical (unpaired) electrons. The molecular weight excluding hydrogens is 390 g/mol. The maximum absolute atomic E-state index is 9.32. The van der Waals surface area contributed by atoms with Gasteiger partial charge in [0, 0.05) is 22.8 Å². The van der Waals surface area contributed by atoms with Crippen molar-refractivity contribution in [2.45, 2.75) is 32.0 Å². The second kappa shape index (κ2) is 7.25. The summed E-state index contributed by atoms with van der Waals surface area (Å²) in [5.74, 6) is 1.74. The highest BCUT2D eigenvalue weighted by Gasteiger charge is 2.26. The van der Waals surface area contributed by atoms with Crippen molar-refractivity contribution >= 4 is 44.0 Å². The fourth-order valence-electron chi connectivity index (χ4n) is 4.14. The van der Waals surface area contributed by atoms with E-state index in [0.29, 0.717) is 12.2 Å². The molecule has 3 heterocycles.